The van der Waals surface area contributed by atoms with Gasteiger partial charge in [-0.2, -0.15) is 0 Å². The number of amides is 1. The van der Waals surface area contributed by atoms with Crippen LogP contribution < -0.4 is 10.1 Å². The van der Waals surface area contributed by atoms with Gasteiger partial charge in [-0.3, -0.25) is 9.78 Å². The van der Waals surface area contributed by atoms with Crippen molar-refractivity contribution in [3.8, 4) is 22.9 Å². The van der Waals surface area contributed by atoms with Crippen LogP contribution in [0.4, 0.5) is 5.69 Å². The third kappa shape index (κ3) is 4.32. The van der Waals surface area contributed by atoms with Crippen LogP contribution in [0.1, 0.15) is 26.5 Å². The molecule has 0 aliphatic heterocycles. The van der Waals surface area contributed by atoms with E-state index in [0.29, 0.717) is 28.6 Å². The minimum absolute atomic E-state index is 0.181. The largest absolute Gasteiger partial charge is 0.478 e. The maximum absolute atomic E-state index is 12.4. The van der Waals surface area contributed by atoms with Crippen LogP contribution in [0.15, 0.2) is 71.6 Å². The first-order valence-corrected chi connectivity index (χ1v) is 9.40. The van der Waals surface area contributed by atoms with Gasteiger partial charge in [-0.05, 0) is 37.3 Å². The molecule has 0 fully saturated rings. The Bertz CT molecular complexity index is 1270. The summed E-state index contributed by atoms with van der Waals surface area (Å²) in [6.07, 6.45) is 4.58. The summed E-state index contributed by atoms with van der Waals surface area (Å²) in [6.45, 7) is 1.80. The van der Waals surface area contributed by atoms with Crippen molar-refractivity contribution in [3.63, 3.8) is 0 Å². The van der Waals surface area contributed by atoms with E-state index in [9.17, 15) is 14.7 Å². The first kappa shape index (κ1) is 20.0. The van der Waals surface area contributed by atoms with Gasteiger partial charge in [-0.25, -0.2) is 4.79 Å². The molecule has 31 heavy (non-hydrogen) atoms. The normalized spacial score (nSPS) is 10.6. The Hall–Kier alpha value is -4.33. The summed E-state index contributed by atoms with van der Waals surface area (Å²) in [6, 6.07) is 13.7. The van der Waals surface area contributed by atoms with Crippen LogP contribution in [0, 0.1) is 6.92 Å². The Kier molecular flexibility index (Phi) is 5.28. The lowest BCUT2D eigenvalue weighted by Gasteiger charge is -2.10. The van der Waals surface area contributed by atoms with Gasteiger partial charge in [-0.1, -0.05) is 6.07 Å². The second-order valence-corrected chi connectivity index (χ2v) is 6.92. The fraction of sp³-hybridized carbons (Fsp3) is 0.0870. The molecule has 3 heterocycles. The number of carbonyl (C=O) groups excluding carboxylic acids is 1. The van der Waals surface area contributed by atoms with E-state index in [2.05, 4.69) is 10.3 Å². The van der Waals surface area contributed by atoms with E-state index in [4.69, 9.17) is 9.15 Å². The number of benzene rings is 1. The summed E-state index contributed by atoms with van der Waals surface area (Å²) in [4.78, 5) is 27.9. The molecule has 156 valence electrons. The maximum atomic E-state index is 12.4. The number of carboxylic acids is 1. The van der Waals surface area contributed by atoms with Gasteiger partial charge in [0.05, 0.1) is 23.2 Å². The number of anilines is 1. The monoisotopic (exact) mass is 417 g/mol. The zero-order chi connectivity index (χ0) is 22.0. The molecular formula is C23H19N3O5. The lowest BCUT2D eigenvalue weighted by atomic mass is 10.2. The number of furan rings is 1. The molecule has 3 aromatic heterocycles. The van der Waals surface area contributed by atoms with E-state index >= 15 is 0 Å². The second kappa shape index (κ2) is 8.19. The fourth-order valence-corrected chi connectivity index (χ4v) is 3.12. The molecular weight excluding hydrogens is 398 g/mol. The van der Waals surface area contributed by atoms with Crippen LogP contribution in [0.5, 0.6) is 11.5 Å². The molecule has 1 aromatic carbocycles. The van der Waals surface area contributed by atoms with Crippen molar-refractivity contribution in [1.29, 1.82) is 0 Å². The molecule has 0 radical (unpaired) electrons. The van der Waals surface area contributed by atoms with Crippen LogP contribution in [0.2, 0.25) is 0 Å². The molecule has 0 aliphatic rings. The van der Waals surface area contributed by atoms with Gasteiger partial charge < -0.3 is 24.1 Å². The van der Waals surface area contributed by atoms with Crippen molar-refractivity contribution >= 4 is 17.6 Å². The number of carboxylic acid groups (broad SMARTS) is 1. The van der Waals surface area contributed by atoms with Crippen LogP contribution in [-0.2, 0) is 7.05 Å². The second-order valence-electron chi connectivity index (χ2n) is 6.92. The van der Waals surface area contributed by atoms with Gasteiger partial charge >= 0.3 is 5.97 Å². The van der Waals surface area contributed by atoms with E-state index < -0.39 is 5.97 Å². The summed E-state index contributed by atoms with van der Waals surface area (Å²) in [7, 11) is 1.75. The van der Waals surface area contributed by atoms with Crippen molar-refractivity contribution < 1.29 is 23.8 Å². The number of rotatable bonds is 6. The van der Waals surface area contributed by atoms with Gasteiger partial charge in [0.1, 0.15) is 11.5 Å². The smallest absolute Gasteiger partial charge is 0.337 e. The van der Waals surface area contributed by atoms with Crippen LogP contribution in [-0.4, -0.2) is 26.5 Å². The van der Waals surface area contributed by atoms with E-state index in [1.807, 2.05) is 0 Å². The average molecular weight is 417 g/mol. The molecule has 8 heteroatoms. The van der Waals surface area contributed by atoms with Crippen molar-refractivity contribution in [2.24, 2.45) is 7.05 Å². The summed E-state index contributed by atoms with van der Waals surface area (Å²) < 4.78 is 12.8. The van der Waals surface area contributed by atoms with Crippen molar-refractivity contribution in [3.05, 3.63) is 84.1 Å². The fourth-order valence-electron chi connectivity index (χ4n) is 3.12. The highest BCUT2D eigenvalue weighted by molar-refractivity contribution is 6.03. The third-order valence-electron chi connectivity index (χ3n) is 4.64. The SMILES string of the molecule is Cc1ccoc1C(=O)Nc1cccc(Oc2ccnc(-c3cc(C(=O)O)cn3C)c2)c1. The molecule has 0 spiro atoms. The summed E-state index contributed by atoms with van der Waals surface area (Å²) in [5, 5.41) is 12.0. The van der Waals surface area contributed by atoms with E-state index in [1.165, 1.54) is 12.5 Å². The molecule has 8 nitrogen and oxygen atoms in total. The van der Waals surface area contributed by atoms with Gasteiger partial charge in [-0.15, -0.1) is 0 Å². The van der Waals surface area contributed by atoms with Gasteiger partial charge in [0.25, 0.3) is 5.91 Å². The number of hydrogen-bond donors (Lipinski definition) is 2. The predicted molar refractivity (Wildman–Crippen MR) is 114 cm³/mol. The van der Waals surface area contributed by atoms with Crippen LogP contribution in [0.25, 0.3) is 11.4 Å². The molecule has 0 bridgehead atoms. The van der Waals surface area contributed by atoms with Crippen LogP contribution in [0.3, 0.4) is 0 Å². The zero-order valence-electron chi connectivity index (χ0n) is 16.8. The van der Waals surface area contributed by atoms with Gasteiger partial charge in [0.15, 0.2) is 5.76 Å². The molecule has 4 aromatic rings. The molecule has 0 unspecified atom stereocenters. The Morgan fingerprint density at radius 1 is 1.13 bits per heavy atom. The number of ether oxygens (including phenoxy) is 1. The van der Waals surface area contributed by atoms with Crippen LogP contribution >= 0.6 is 0 Å². The number of nitrogens with one attached hydrogen (secondary N) is 1. The molecule has 0 aliphatic carbocycles. The van der Waals surface area contributed by atoms with Gasteiger partial charge in [0, 0.05) is 42.8 Å². The molecule has 1 amide bonds. The maximum Gasteiger partial charge on any atom is 0.337 e. The number of aromatic nitrogens is 2. The summed E-state index contributed by atoms with van der Waals surface area (Å²) in [5.41, 5.74) is 2.71. The quantitative estimate of drug-likeness (QED) is 0.470. The highest BCUT2D eigenvalue weighted by Gasteiger charge is 2.14. The minimum Gasteiger partial charge on any atom is -0.478 e. The van der Waals surface area contributed by atoms with Crippen molar-refractivity contribution in [1.82, 2.24) is 9.55 Å². The highest BCUT2D eigenvalue weighted by atomic mass is 16.5. The van der Waals surface area contributed by atoms with Crippen molar-refractivity contribution in [2.45, 2.75) is 6.92 Å². The van der Waals surface area contributed by atoms with E-state index in [-0.39, 0.29) is 17.2 Å². The first-order chi connectivity index (χ1) is 14.9. The third-order valence-corrected chi connectivity index (χ3v) is 4.64. The lowest BCUT2D eigenvalue weighted by molar-refractivity contribution is 0.0696. The van der Waals surface area contributed by atoms with Crippen molar-refractivity contribution in [2.75, 3.05) is 5.32 Å². The highest BCUT2D eigenvalue weighted by Crippen LogP contribution is 2.28. The number of carbonyl (C=O) groups is 2. The molecule has 0 atom stereocenters. The molecule has 0 saturated heterocycles. The Morgan fingerprint density at radius 3 is 2.65 bits per heavy atom. The number of aryl methyl sites for hydroxylation is 2. The lowest BCUT2D eigenvalue weighted by Crippen LogP contribution is -2.12. The van der Waals surface area contributed by atoms with E-state index in [0.717, 1.165) is 5.56 Å². The standard InChI is InChI=1S/C23H19N3O5/c1-14-7-9-30-21(14)22(27)25-16-4-3-5-17(11-16)31-18-6-8-24-19(12-18)20-10-15(23(28)29)13-26(20)2/h3-13H,1-2H3,(H,25,27)(H,28,29). The molecule has 0 saturated carbocycles. The van der Waals surface area contributed by atoms with E-state index in [1.54, 1.807) is 73.3 Å². The Balaban J connectivity index is 1.53. The number of aromatic carboxylic acids is 1. The average Bonchev–Trinajstić information content (AvgIpc) is 3.34. The zero-order valence-corrected chi connectivity index (χ0v) is 16.8. The topological polar surface area (TPSA) is 107 Å². The summed E-state index contributed by atoms with van der Waals surface area (Å²) >= 11 is 0. The number of nitrogens with zero attached hydrogens (tertiary/aromatic N) is 2. The molecule has 4 rings (SSSR count). The molecule has 2 N–H and O–H groups in total. The summed E-state index contributed by atoms with van der Waals surface area (Å²) in [5.74, 6) is -0.0484. The predicted octanol–water partition coefficient (Wildman–Crippen LogP) is 4.73. The first-order valence-electron chi connectivity index (χ1n) is 9.40. The number of pyridine rings is 1. The Morgan fingerprint density at radius 2 is 1.94 bits per heavy atom. The van der Waals surface area contributed by atoms with Gasteiger partial charge in [0.2, 0.25) is 0 Å². The number of hydrogen-bond acceptors (Lipinski definition) is 5. The minimum atomic E-state index is -1.00. The Labute approximate surface area is 177 Å².